The smallest absolute Gasteiger partial charge is 0.337 e. The van der Waals surface area contributed by atoms with Crippen LogP contribution < -0.4 is 14.8 Å². The number of nitrogens with one attached hydrogen (secondary N) is 1. The molecule has 192 valence electrons. The van der Waals surface area contributed by atoms with Gasteiger partial charge in [-0.1, -0.05) is 39.7 Å². The summed E-state index contributed by atoms with van der Waals surface area (Å²) in [6.45, 7) is 2.03. The maximum atomic E-state index is 13.9. The number of ketones is 1. The van der Waals surface area contributed by atoms with Crippen LogP contribution in [0, 0.1) is 0 Å². The second-order valence-corrected chi connectivity index (χ2v) is 11.4. The number of halogens is 2. The fourth-order valence-electron chi connectivity index (χ4n) is 5.97. The van der Waals surface area contributed by atoms with Crippen molar-refractivity contribution in [3.8, 4) is 11.5 Å². The van der Waals surface area contributed by atoms with E-state index < -0.39 is 5.92 Å². The number of dihydropyridines is 1. The Labute approximate surface area is 229 Å². The number of ether oxygens (including phenoxy) is 3. The van der Waals surface area contributed by atoms with Crippen molar-refractivity contribution in [3.63, 3.8) is 0 Å². The van der Waals surface area contributed by atoms with Crippen LogP contribution in [-0.2, 0) is 14.3 Å². The zero-order chi connectivity index (χ0) is 25.7. The van der Waals surface area contributed by atoms with E-state index in [2.05, 4.69) is 21.2 Å². The number of carbonyl (C=O) groups is 2. The van der Waals surface area contributed by atoms with E-state index in [0.717, 1.165) is 47.0 Å². The summed E-state index contributed by atoms with van der Waals surface area (Å²) in [6.07, 6.45) is 4.80. The summed E-state index contributed by atoms with van der Waals surface area (Å²) in [5.74, 6) is 0.326. The van der Waals surface area contributed by atoms with Crippen LogP contribution >= 0.6 is 27.5 Å². The quantitative estimate of drug-likeness (QED) is 0.404. The maximum Gasteiger partial charge on any atom is 0.337 e. The normalized spacial score (nSPS) is 23.3. The second kappa shape index (κ2) is 9.84. The first-order chi connectivity index (χ1) is 17.9. The molecule has 2 aromatic carbocycles. The molecule has 0 saturated heterocycles. The van der Waals surface area contributed by atoms with Crippen molar-refractivity contribution in [2.24, 2.45) is 0 Å². The van der Waals surface area contributed by atoms with Gasteiger partial charge in [0.2, 0.25) is 6.79 Å². The summed E-state index contributed by atoms with van der Waals surface area (Å²) in [5, 5.41) is 4.09. The van der Waals surface area contributed by atoms with Crippen molar-refractivity contribution < 1.29 is 23.8 Å². The average Bonchev–Trinajstić information content (AvgIpc) is 3.54. The molecule has 37 heavy (non-hydrogen) atoms. The molecule has 0 unspecified atom stereocenters. The van der Waals surface area contributed by atoms with Crippen LogP contribution in [0.1, 0.15) is 68.4 Å². The molecule has 2 heterocycles. The Hall–Kier alpha value is -2.77. The van der Waals surface area contributed by atoms with Crippen molar-refractivity contribution >= 4 is 39.3 Å². The van der Waals surface area contributed by atoms with Crippen molar-refractivity contribution in [3.05, 3.63) is 79.6 Å². The van der Waals surface area contributed by atoms with Crippen molar-refractivity contribution in [2.75, 3.05) is 6.79 Å². The van der Waals surface area contributed by atoms with Crippen LogP contribution in [-0.4, -0.2) is 24.6 Å². The number of carbonyl (C=O) groups excluding carboxylic acids is 2. The van der Waals surface area contributed by atoms with Gasteiger partial charge in [-0.2, -0.15) is 0 Å². The summed E-state index contributed by atoms with van der Waals surface area (Å²) in [7, 11) is 0. The predicted octanol–water partition coefficient (Wildman–Crippen LogP) is 6.68. The third-order valence-electron chi connectivity index (χ3n) is 7.77. The Kier molecular flexibility index (Phi) is 6.53. The Balaban J connectivity index is 1.43. The number of esters is 1. The van der Waals surface area contributed by atoms with E-state index >= 15 is 0 Å². The van der Waals surface area contributed by atoms with Gasteiger partial charge in [-0.05, 0) is 80.3 Å². The van der Waals surface area contributed by atoms with Crippen LogP contribution in [0.15, 0.2) is 63.4 Å². The molecule has 2 aliphatic heterocycles. The zero-order valence-electron chi connectivity index (χ0n) is 20.4. The molecule has 0 spiro atoms. The number of allylic oxidation sites excluding steroid dienone is 3. The van der Waals surface area contributed by atoms with E-state index in [9.17, 15) is 9.59 Å². The topological polar surface area (TPSA) is 73.9 Å². The lowest BCUT2D eigenvalue weighted by Gasteiger charge is -2.37. The minimum atomic E-state index is -0.576. The van der Waals surface area contributed by atoms with Crippen molar-refractivity contribution in [1.29, 1.82) is 0 Å². The van der Waals surface area contributed by atoms with Crippen LogP contribution in [0.25, 0.3) is 0 Å². The molecular weight excluding hydrogens is 558 g/mol. The first-order valence-electron chi connectivity index (χ1n) is 12.7. The molecule has 2 aromatic rings. The van der Waals surface area contributed by atoms with Gasteiger partial charge in [0.1, 0.15) is 6.10 Å². The molecule has 0 bridgehead atoms. The summed E-state index contributed by atoms with van der Waals surface area (Å²) >= 11 is 9.78. The largest absolute Gasteiger partial charge is 0.459 e. The summed E-state index contributed by atoms with van der Waals surface area (Å²) in [5.41, 5.74) is 4.51. The molecule has 6 nitrogen and oxygen atoms in total. The van der Waals surface area contributed by atoms with Gasteiger partial charge in [-0.15, -0.1) is 0 Å². The van der Waals surface area contributed by atoms with Gasteiger partial charge in [0.15, 0.2) is 17.3 Å². The molecule has 1 N–H and O–H groups in total. The fraction of sp³-hybridized carbons (Fsp3) is 0.379. The zero-order valence-corrected chi connectivity index (χ0v) is 22.8. The van der Waals surface area contributed by atoms with Crippen LogP contribution in [0.4, 0.5) is 0 Å². The third-order valence-corrected chi connectivity index (χ3v) is 8.71. The Bertz CT molecular complexity index is 1340. The third kappa shape index (κ3) is 4.57. The van der Waals surface area contributed by atoms with Crippen LogP contribution in [0.2, 0.25) is 5.02 Å². The van der Waals surface area contributed by atoms with E-state index in [1.54, 1.807) is 0 Å². The number of fused-ring (bicyclic) bond motifs is 1. The summed E-state index contributed by atoms with van der Waals surface area (Å²) in [4.78, 5) is 27.5. The molecule has 4 aliphatic rings. The van der Waals surface area contributed by atoms with Gasteiger partial charge in [-0.25, -0.2) is 4.79 Å². The number of rotatable bonds is 4. The highest BCUT2D eigenvalue weighted by Crippen LogP contribution is 2.50. The van der Waals surface area contributed by atoms with Gasteiger partial charge < -0.3 is 19.5 Å². The number of benzene rings is 2. The highest BCUT2D eigenvalue weighted by molar-refractivity contribution is 9.10. The molecule has 2 atom stereocenters. The lowest BCUT2D eigenvalue weighted by Crippen LogP contribution is -2.36. The molecule has 2 aliphatic carbocycles. The van der Waals surface area contributed by atoms with Crippen molar-refractivity contribution in [2.45, 2.75) is 63.4 Å². The van der Waals surface area contributed by atoms with Gasteiger partial charge in [-0.3, -0.25) is 4.79 Å². The average molecular weight is 585 g/mol. The van der Waals surface area contributed by atoms with Gasteiger partial charge in [0.05, 0.1) is 5.57 Å². The molecule has 1 fully saturated rings. The minimum Gasteiger partial charge on any atom is -0.459 e. The number of Topliss-reactive ketones (excluding diaryl/α,β-unsaturated/α-hetero) is 1. The summed E-state index contributed by atoms with van der Waals surface area (Å²) < 4.78 is 17.9. The second-order valence-electron chi connectivity index (χ2n) is 10.1. The first-order valence-corrected chi connectivity index (χ1v) is 13.9. The molecule has 0 aromatic heterocycles. The van der Waals surface area contributed by atoms with Crippen LogP contribution in [0.5, 0.6) is 11.5 Å². The molecule has 6 rings (SSSR count). The van der Waals surface area contributed by atoms with Gasteiger partial charge in [0.25, 0.3) is 0 Å². The molecule has 1 saturated carbocycles. The monoisotopic (exact) mass is 583 g/mol. The van der Waals surface area contributed by atoms with E-state index in [1.165, 1.54) is 0 Å². The summed E-state index contributed by atoms with van der Waals surface area (Å²) in [6, 6.07) is 11.4. The van der Waals surface area contributed by atoms with Gasteiger partial charge in [0, 0.05) is 38.8 Å². The van der Waals surface area contributed by atoms with E-state index in [4.69, 9.17) is 25.8 Å². The lowest BCUT2D eigenvalue weighted by molar-refractivity contribution is -0.144. The first kappa shape index (κ1) is 24.6. The number of hydrogen-bond acceptors (Lipinski definition) is 6. The highest BCUT2D eigenvalue weighted by atomic mass is 79.9. The molecular formula is C29H27BrClNO5. The van der Waals surface area contributed by atoms with Crippen LogP contribution in [0.3, 0.4) is 0 Å². The number of hydrogen-bond donors (Lipinski definition) is 1. The lowest BCUT2D eigenvalue weighted by atomic mass is 9.71. The van der Waals surface area contributed by atoms with E-state index in [0.29, 0.717) is 46.2 Å². The molecule has 0 amide bonds. The SMILES string of the molecule is CC1=C(C(=O)OC2CCCC2)[C@H](c2cc3c(cc2Br)OCO3)C2=C(C[C@H](c3ccc(Cl)cc3)CC2=O)N1. The maximum absolute atomic E-state index is 13.9. The van der Waals surface area contributed by atoms with Crippen molar-refractivity contribution in [1.82, 2.24) is 5.32 Å². The van der Waals surface area contributed by atoms with Gasteiger partial charge >= 0.3 is 5.97 Å². The Morgan fingerprint density at radius 2 is 1.78 bits per heavy atom. The highest BCUT2D eigenvalue weighted by Gasteiger charge is 2.43. The Morgan fingerprint density at radius 1 is 1.08 bits per heavy atom. The molecule has 8 heteroatoms. The standard InChI is InChI=1S/C29H27BrClNO5/c1-15-26(29(34)37-19-4-2-3-5-19)27(20-12-24-25(13-21(20)30)36-14-35-24)28-22(32-15)10-17(11-23(28)33)16-6-8-18(31)9-7-16/h6-9,12-13,17,19,27,32H,2-5,10-11,14H2,1H3/t17-,27-/m0/s1. The predicted molar refractivity (Wildman–Crippen MR) is 143 cm³/mol. The fourth-order valence-corrected chi connectivity index (χ4v) is 6.64. The Morgan fingerprint density at radius 3 is 2.51 bits per heavy atom. The minimum absolute atomic E-state index is 0.0157. The van der Waals surface area contributed by atoms with E-state index in [-0.39, 0.29) is 30.6 Å². The molecule has 0 radical (unpaired) electrons. The van der Waals surface area contributed by atoms with E-state index in [1.807, 2.05) is 43.3 Å².